The van der Waals surface area contributed by atoms with E-state index in [2.05, 4.69) is 11.8 Å². The molecule has 4 heteroatoms. The van der Waals surface area contributed by atoms with Gasteiger partial charge in [0.2, 0.25) is 0 Å². The van der Waals surface area contributed by atoms with E-state index in [0.717, 1.165) is 18.7 Å². The van der Waals surface area contributed by atoms with Crippen molar-refractivity contribution >= 4 is 17.5 Å². The summed E-state index contributed by atoms with van der Waals surface area (Å²) in [7, 11) is 1.68. The molecule has 0 saturated heterocycles. The number of thioether (sulfide) groups is 1. The predicted octanol–water partition coefficient (Wildman–Crippen LogP) is 2.56. The van der Waals surface area contributed by atoms with Gasteiger partial charge in [-0.25, -0.2) is 0 Å². The molecule has 3 nitrogen and oxygen atoms in total. The van der Waals surface area contributed by atoms with Gasteiger partial charge in [0.05, 0.1) is 13.2 Å². The number of methoxy groups -OCH3 is 1. The average Bonchev–Trinajstić information content (AvgIpc) is 2.43. The summed E-state index contributed by atoms with van der Waals surface area (Å²) in [6.45, 7) is 4.82. The number of hydrogen-bond acceptors (Lipinski definition) is 4. The van der Waals surface area contributed by atoms with Crippen molar-refractivity contribution in [1.82, 2.24) is 4.90 Å². The molecule has 0 N–H and O–H groups in total. The van der Waals surface area contributed by atoms with Crippen molar-refractivity contribution in [3.63, 3.8) is 0 Å². The highest BCUT2D eigenvalue weighted by atomic mass is 32.2. The van der Waals surface area contributed by atoms with Crippen LogP contribution in [0.3, 0.4) is 0 Å². The van der Waals surface area contributed by atoms with E-state index in [4.69, 9.17) is 4.74 Å². The van der Waals surface area contributed by atoms with Crippen LogP contribution in [-0.4, -0.2) is 50.3 Å². The van der Waals surface area contributed by atoms with Gasteiger partial charge in [0, 0.05) is 24.1 Å². The van der Waals surface area contributed by atoms with Gasteiger partial charge in [-0.1, -0.05) is 19.1 Å². The molecule has 0 fully saturated rings. The number of ether oxygens (including phenoxy) is 1. The molecule has 0 aliphatic rings. The number of ketones is 1. The fourth-order valence-electron chi connectivity index (χ4n) is 1.64. The third-order valence-electron chi connectivity index (χ3n) is 2.84. The fraction of sp³-hybridized carbons (Fsp3) is 0.500. The molecule has 0 aliphatic heterocycles. The lowest BCUT2D eigenvalue weighted by atomic mass is 10.1. The maximum absolute atomic E-state index is 12.1. The summed E-state index contributed by atoms with van der Waals surface area (Å²) in [5.74, 6) is 0.167. The molecule has 0 amide bonds. The Balaban J connectivity index is 2.56. The van der Waals surface area contributed by atoms with Crippen LogP contribution in [0, 0.1) is 0 Å². The minimum atomic E-state index is 0.167. The monoisotopic (exact) mass is 267 g/mol. The van der Waals surface area contributed by atoms with Crippen LogP contribution in [0.1, 0.15) is 17.3 Å². The van der Waals surface area contributed by atoms with Gasteiger partial charge in [-0.2, -0.15) is 0 Å². The Kier molecular flexibility index (Phi) is 7.01. The smallest absolute Gasteiger partial charge is 0.176 e. The molecule has 18 heavy (non-hydrogen) atoms. The third-order valence-corrected chi connectivity index (χ3v) is 3.58. The Bertz CT molecular complexity index is 365. The van der Waals surface area contributed by atoms with Gasteiger partial charge in [-0.15, -0.1) is 11.8 Å². The molecule has 1 aromatic rings. The molecule has 1 aromatic carbocycles. The zero-order valence-corrected chi connectivity index (χ0v) is 12.1. The lowest BCUT2D eigenvalue weighted by molar-refractivity contribution is 0.0902. The highest BCUT2D eigenvalue weighted by molar-refractivity contribution is 7.98. The van der Waals surface area contributed by atoms with Crippen molar-refractivity contribution in [3.05, 3.63) is 29.8 Å². The first-order valence-electron chi connectivity index (χ1n) is 6.09. The lowest BCUT2D eigenvalue weighted by Gasteiger charge is -2.18. The summed E-state index contributed by atoms with van der Waals surface area (Å²) in [5, 5.41) is 0. The fourth-order valence-corrected chi connectivity index (χ4v) is 2.05. The highest BCUT2D eigenvalue weighted by Gasteiger charge is 2.10. The Hall–Kier alpha value is -0.840. The van der Waals surface area contributed by atoms with E-state index in [0.29, 0.717) is 13.2 Å². The first-order valence-corrected chi connectivity index (χ1v) is 7.32. The largest absolute Gasteiger partial charge is 0.383 e. The molecule has 0 saturated carbocycles. The Morgan fingerprint density at radius 1 is 1.33 bits per heavy atom. The van der Waals surface area contributed by atoms with Crippen molar-refractivity contribution in [2.75, 3.05) is 39.6 Å². The zero-order chi connectivity index (χ0) is 13.4. The van der Waals surface area contributed by atoms with Crippen LogP contribution in [0.5, 0.6) is 0 Å². The zero-order valence-electron chi connectivity index (χ0n) is 11.3. The van der Waals surface area contributed by atoms with Crippen LogP contribution in [-0.2, 0) is 4.74 Å². The molecule has 0 atom stereocenters. The van der Waals surface area contributed by atoms with Crippen molar-refractivity contribution in [3.8, 4) is 0 Å². The Labute approximate surface area is 114 Å². The van der Waals surface area contributed by atoms with E-state index in [9.17, 15) is 4.79 Å². The summed E-state index contributed by atoms with van der Waals surface area (Å²) >= 11 is 1.68. The minimum absolute atomic E-state index is 0.167. The van der Waals surface area contributed by atoms with E-state index in [1.807, 2.05) is 30.5 Å². The van der Waals surface area contributed by atoms with Crippen molar-refractivity contribution in [1.29, 1.82) is 0 Å². The molecule has 0 heterocycles. The SMILES string of the molecule is CCN(CCOC)CC(=O)c1ccc(SC)cc1. The maximum Gasteiger partial charge on any atom is 0.176 e. The number of carbonyl (C=O) groups is 1. The van der Waals surface area contributed by atoms with Crippen LogP contribution in [0.2, 0.25) is 0 Å². The summed E-state index contributed by atoms with van der Waals surface area (Å²) in [6, 6.07) is 7.78. The van der Waals surface area contributed by atoms with Crippen molar-refractivity contribution in [2.24, 2.45) is 0 Å². The van der Waals surface area contributed by atoms with Crippen LogP contribution < -0.4 is 0 Å². The van der Waals surface area contributed by atoms with Crippen LogP contribution in [0.4, 0.5) is 0 Å². The first kappa shape index (κ1) is 15.2. The van der Waals surface area contributed by atoms with E-state index < -0.39 is 0 Å². The quantitative estimate of drug-likeness (QED) is 0.535. The van der Waals surface area contributed by atoms with Gasteiger partial charge in [-0.05, 0) is 24.9 Å². The standard InChI is InChI=1S/C14H21NO2S/c1-4-15(9-10-17-2)11-14(16)12-5-7-13(18-3)8-6-12/h5-8H,4,9-11H2,1-3H3. The Morgan fingerprint density at radius 3 is 2.50 bits per heavy atom. The topological polar surface area (TPSA) is 29.5 Å². The van der Waals surface area contributed by atoms with E-state index in [1.54, 1.807) is 18.9 Å². The molecule has 100 valence electrons. The van der Waals surface area contributed by atoms with Crippen LogP contribution in [0.15, 0.2) is 29.2 Å². The number of hydrogen-bond donors (Lipinski definition) is 0. The van der Waals surface area contributed by atoms with Gasteiger partial charge in [-0.3, -0.25) is 9.69 Å². The molecular weight excluding hydrogens is 246 g/mol. The second-order valence-corrected chi connectivity index (χ2v) is 4.89. The third kappa shape index (κ3) is 4.80. The van der Waals surface area contributed by atoms with Gasteiger partial charge >= 0.3 is 0 Å². The number of benzene rings is 1. The van der Waals surface area contributed by atoms with Crippen LogP contribution in [0.25, 0.3) is 0 Å². The summed E-state index contributed by atoms with van der Waals surface area (Å²) in [4.78, 5) is 15.4. The first-order chi connectivity index (χ1) is 8.71. The lowest BCUT2D eigenvalue weighted by Crippen LogP contribution is -2.32. The molecule has 0 unspecified atom stereocenters. The molecular formula is C14H21NO2S. The van der Waals surface area contributed by atoms with Crippen molar-refractivity contribution in [2.45, 2.75) is 11.8 Å². The van der Waals surface area contributed by atoms with Gasteiger partial charge in [0.15, 0.2) is 5.78 Å². The summed E-state index contributed by atoms with van der Waals surface area (Å²) in [6.07, 6.45) is 2.03. The molecule has 1 rings (SSSR count). The number of Topliss-reactive ketones (excluding diaryl/α,β-unsaturated/α-hetero) is 1. The Morgan fingerprint density at radius 2 is 2.00 bits per heavy atom. The van der Waals surface area contributed by atoms with Gasteiger partial charge in [0.1, 0.15) is 0 Å². The van der Waals surface area contributed by atoms with Gasteiger partial charge < -0.3 is 4.74 Å². The van der Waals surface area contributed by atoms with Crippen molar-refractivity contribution < 1.29 is 9.53 Å². The maximum atomic E-state index is 12.1. The number of nitrogens with zero attached hydrogens (tertiary/aromatic N) is 1. The molecule has 0 radical (unpaired) electrons. The molecule has 0 bridgehead atoms. The van der Waals surface area contributed by atoms with E-state index in [-0.39, 0.29) is 5.78 Å². The van der Waals surface area contributed by atoms with Crippen LogP contribution >= 0.6 is 11.8 Å². The number of carbonyl (C=O) groups excluding carboxylic acids is 1. The second kappa shape index (κ2) is 8.29. The van der Waals surface area contributed by atoms with E-state index in [1.165, 1.54) is 4.90 Å². The van der Waals surface area contributed by atoms with Gasteiger partial charge in [0.25, 0.3) is 0 Å². The normalized spacial score (nSPS) is 10.9. The molecule has 0 aromatic heterocycles. The minimum Gasteiger partial charge on any atom is -0.383 e. The number of rotatable bonds is 8. The predicted molar refractivity (Wildman–Crippen MR) is 76.5 cm³/mol. The molecule has 0 spiro atoms. The average molecular weight is 267 g/mol. The summed E-state index contributed by atoms with van der Waals surface area (Å²) < 4.78 is 5.04. The summed E-state index contributed by atoms with van der Waals surface area (Å²) in [5.41, 5.74) is 0.781. The second-order valence-electron chi connectivity index (χ2n) is 4.01. The number of likely N-dealkylation sites (N-methyl/N-ethyl adjacent to an activating group) is 1. The molecule has 0 aliphatic carbocycles. The highest BCUT2D eigenvalue weighted by Crippen LogP contribution is 2.15. The van der Waals surface area contributed by atoms with E-state index >= 15 is 0 Å².